The third-order valence-electron chi connectivity index (χ3n) is 3.53. The lowest BCUT2D eigenvalue weighted by Crippen LogP contribution is -2.09. The summed E-state index contributed by atoms with van der Waals surface area (Å²) in [7, 11) is 0. The maximum atomic E-state index is 8.95. The zero-order valence-electron chi connectivity index (χ0n) is 11.4. The summed E-state index contributed by atoms with van der Waals surface area (Å²) >= 11 is 0. The van der Waals surface area contributed by atoms with Gasteiger partial charge in [0.15, 0.2) is 12.6 Å². The molecule has 1 aromatic carbocycles. The van der Waals surface area contributed by atoms with Gasteiger partial charge in [0.05, 0.1) is 26.4 Å². The zero-order valence-corrected chi connectivity index (χ0v) is 11.4. The van der Waals surface area contributed by atoms with Crippen LogP contribution in [0.5, 0.6) is 0 Å². The van der Waals surface area contributed by atoms with Crippen molar-refractivity contribution in [3.05, 3.63) is 34.9 Å². The number of hydrogen-bond donors (Lipinski definition) is 1. The van der Waals surface area contributed by atoms with Gasteiger partial charge >= 0.3 is 0 Å². The van der Waals surface area contributed by atoms with E-state index < -0.39 is 0 Å². The highest BCUT2D eigenvalue weighted by Crippen LogP contribution is 2.34. The molecular weight excluding hydrogens is 260 g/mol. The van der Waals surface area contributed by atoms with E-state index in [1.165, 1.54) is 0 Å². The monoisotopic (exact) mass is 280 g/mol. The molecule has 0 amide bonds. The van der Waals surface area contributed by atoms with Gasteiger partial charge in [0.25, 0.3) is 0 Å². The first-order valence-electron chi connectivity index (χ1n) is 7.08. The molecule has 0 saturated carbocycles. The lowest BCUT2D eigenvalue weighted by atomic mass is 10.0. The summed E-state index contributed by atoms with van der Waals surface area (Å²) in [4.78, 5) is 0. The van der Waals surface area contributed by atoms with E-state index in [1.807, 2.05) is 6.07 Å². The van der Waals surface area contributed by atoms with Crippen molar-refractivity contribution in [3.63, 3.8) is 0 Å². The number of hydrogen-bond acceptors (Lipinski definition) is 5. The summed E-state index contributed by atoms with van der Waals surface area (Å²) < 4.78 is 22.4. The van der Waals surface area contributed by atoms with Crippen LogP contribution in [0, 0.1) is 0 Å². The molecule has 0 spiro atoms. The molecule has 3 rings (SSSR count). The van der Waals surface area contributed by atoms with Crippen LogP contribution in [0.1, 0.15) is 35.7 Å². The van der Waals surface area contributed by atoms with Gasteiger partial charge in [0, 0.05) is 17.7 Å². The van der Waals surface area contributed by atoms with Gasteiger partial charge in [-0.2, -0.15) is 0 Å². The molecule has 2 saturated heterocycles. The molecule has 0 atom stereocenters. The minimum Gasteiger partial charge on any atom is -0.396 e. The Kier molecular flexibility index (Phi) is 4.65. The molecule has 1 aromatic rings. The largest absolute Gasteiger partial charge is 0.396 e. The molecule has 2 heterocycles. The van der Waals surface area contributed by atoms with Crippen molar-refractivity contribution in [2.75, 3.05) is 33.0 Å². The van der Waals surface area contributed by atoms with Crippen molar-refractivity contribution in [2.24, 2.45) is 0 Å². The molecule has 0 radical (unpaired) electrons. The molecule has 2 fully saturated rings. The third kappa shape index (κ3) is 3.02. The maximum absolute atomic E-state index is 8.95. The van der Waals surface area contributed by atoms with Crippen LogP contribution in [0.3, 0.4) is 0 Å². The van der Waals surface area contributed by atoms with Crippen LogP contribution < -0.4 is 0 Å². The van der Waals surface area contributed by atoms with E-state index in [-0.39, 0.29) is 19.2 Å². The highest BCUT2D eigenvalue weighted by atomic mass is 16.7. The van der Waals surface area contributed by atoms with Crippen LogP contribution >= 0.6 is 0 Å². The summed E-state index contributed by atoms with van der Waals surface area (Å²) in [5, 5.41) is 8.95. The molecule has 110 valence electrons. The predicted octanol–water partition coefficient (Wildman–Crippen LogP) is 1.70. The van der Waals surface area contributed by atoms with E-state index in [9.17, 15) is 0 Å². The number of aliphatic hydroxyl groups excluding tert-OH is 1. The first-order chi connectivity index (χ1) is 9.88. The van der Waals surface area contributed by atoms with E-state index in [2.05, 4.69) is 12.1 Å². The lowest BCUT2D eigenvalue weighted by Gasteiger charge is -2.19. The van der Waals surface area contributed by atoms with Gasteiger partial charge in [-0.05, 0) is 18.4 Å². The first-order valence-corrected chi connectivity index (χ1v) is 7.08. The summed E-state index contributed by atoms with van der Waals surface area (Å²) in [6.45, 7) is 2.64. The average molecular weight is 280 g/mol. The van der Waals surface area contributed by atoms with Gasteiger partial charge in [-0.1, -0.05) is 18.2 Å². The summed E-state index contributed by atoms with van der Waals surface area (Å²) in [5.41, 5.74) is 3.11. The van der Waals surface area contributed by atoms with Gasteiger partial charge in [-0.3, -0.25) is 0 Å². The molecule has 5 heteroatoms. The number of rotatable bonds is 5. The topological polar surface area (TPSA) is 57.2 Å². The first kappa shape index (κ1) is 14.0. The molecule has 2 aliphatic heterocycles. The summed E-state index contributed by atoms with van der Waals surface area (Å²) in [5.74, 6) is 0. The summed E-state index contributed by atoms with van der Waals surface area (Å²) in [6, 6.07) is 6.14. The average Bonchev–Trinajstić information content (AvgIpc) is 3.17. The molecule has 20 heavy (non-hydrogen) atoms. The lowest BCUT2D eigenvalue weighted by molar-refractivity contribution is -0.0637. The molecule has 5 nitrogen and oxygen atoms in total. The number of aliphatic hydroxyl groups is 1. The second kappa shape index (κ2) is 6.65. The SMILES string of the molecule is OCCCc1ccc(C2OCCO2)c(C2OCCO2)c1. The molecule has 0 unspecified atom stereocenters. The van der Waals surface area contributed by atoms with E-state index in [0.29, 0.717) is 26.4 Å². The zero-order chi connectivity index (χ0) is 13.8. The molecule has 2 aliphatic rings. The Morgan fingerprint density at radius 3 is 2.10 bits per heavy atom. The second-order valence-corrected chi connectivity index (χ2v) is 4.94. The van der Waals surface area contributed by atoms with Crippen LogP contribution in [0.2, 0.25) is 0 Å². The van der Waals surface area contributed by atoms with E-state index in [1.54, 1.807) is 0 Å². The second-order valence-electron chi connectivity index (χ2n) is 4.94. The van der Waals surface area contributed by atoms with Crippen LogP contribution in [-0.4, -0.2) is 38.1 Å². The number of benzene rings is 1. The van der Waals surface area contributed by atoms with Gasteiger partial charge in [-0.15, -0.1) is 0 Å². The van der Waals surface area contributed by atoms with Gasteiger partial charge in [-0.25, -0.2) is 0 Å². The predicted molar refractivity (Wildman–Crippen MR) is 71.1 cm³/mol. The van der Waals surface area contributed by atoms with Crippen molar-refractivity contribution in [3.8, 4) is 0 Å². The molecule has 0 bridgehead atoms. The standard InChI is InChI=1S/C15H20O5/c16-5-1-2-11-3-4-12(14-17-6-7-18-14)13(10-11)15-19-8-9-20-15/h3-4,10,14-16H,1-2,5-9H2. The van der Waals surface area contributed by atoms with Crippen molar-refractivity contribution < 1.29 is 24.1 Å². The Balaban J connectivity index is 1.86. The van der Waals surface area contributed by atoms with Gasteiger partial charge in [0.1, 0.15) is 0 Å². The van der Waals surface area contributed by atoms with E-state index in [0.717, 1.165) is 29.5 Å². The minimum absolute atomic E-state index is 0.197. The Hall–Kier alpha value is -0.980. The summed E-state index contributed by atoms with van der Waals surface area (Å²) in [6.07, 6.45) is 0.918. The minimum atomic E-state index is -0.341. The number of ether oxygens (including phenoxy) is 4. The van der Waals surface area contributed by atoms with Crippen molar-refractivity contribution in [2.45, 2.75) is 25.4 Å². The Bertz CT molecular complexity index is 436. The Labute approximate surface area is 118 Å². The molecule has 1 N–H and O–H groups in total. The fourth-order valence-electron chi connectivity index (χ4n) is 2.56. The van der Waals surface area contributed by atoms with E-state index in [4.69, 9.17) is 24.1 Å². The fourth-order valence-corrected chi connectivity index (χ4v) is 2.56. The highest BCUT2D eigenvalue weighted by Gasteiger charge is 2.28. The molecule has 0 aromatic heterocycles. The van der Waals surface area contributed by atoms with Gasteiger partial charge in [0.2, 0.25) is 0 Å². The number of aryl methyl sites for hydroxylation is 1. The van der Waals surface area contributed by atoms with Crippen molar-refractivity contribution in [1.82, 2.24) is 0 Å². The Morgan fingerprint density at radius 2 is 1.50 bits per heavy atom. The van der Waals surface area contributed by atoms with Crippen LogP contribution in [0.25, 0.3) is 0 Å². The fraction of sp³-hybridized carbons (Fsp3) is 0.600. The smallest absolute Gasteiger partial charge is 0.184 e. The maximum Gasteiger partial charge on any atom is 0.184 e. The van der Waals surface area contributed by atoms with Gasteiger partial charge < -0.3 is 24.1 Å². The van der Waals surface area contributed by atoms with Crippen LogP contribution in [0.4, 0.5) is 0 Å². The van der Waals surface area contributed by atoms with Crippen LogP contribution in [-0.2, 0) is 25.4 Å². The normalized spacial score (nSPS) is 20.9. The van der Waals surface area contributed by atoms with E-state index >= 15 is 0 Å². The molecule has 0 aliphatic carbocycles. The quantitative estimate of drug-likeness (QED) is 0.889. The Morgan fingerprint density at radius 1 is 0.900 bits per heavy atom. The third-order valence-corrected chi connectivity index (χ3v) is 3.53. The highest BCUT2D eigenvalue weighted by molar-refractivity contribution is 5.34. The van der Waals surface area contributed by atoms with Crippen molar-refractivity contribution in [1.29, 1.82) is 0 Å². The van der Waals surface area contributed by atoms with Crippen molar-refractivity contribution >= 4 is 0 Å². The molecular formula is C15H20O5. The van der Waals surface area contributed by atoms with Crippen LogP contribution in [0.15, 0.2) is 18.2 Å².